The van der Waals surface area contributed by atoms with Crippen LogP contribution in [0.2, 0.25) is 0 Å². The number of aliphatic hydroxyl groups is 1. The third-order valence-corrected chi connectivity index (χ3v) is 16.1. The number of aromatic amines is 1. The Morgan fingerprint density at radius 1 is 1.01 bits per heavy atom. The number of nitrogens with one attached hydrogen (secondary N) is 2. The summed E-state index contributed by atoms with van der Waals surface area (Å²) in [5.74, 6) is -1.62. The Kier molecular flexibility index (Phi) is 11.2. The second-order valence-corrected chi connectivity index (χ2v) is 21.3. The molecule has 7 heterocycles. The molecule has 0 bridgehead atoms. The van der Waals surface area contributed by atoms with Crippen LogP contribution in [-0.2, 0) is 50.8 Å². The number of aromatic hydroxyl groups is 2. The molecule has 1 unspecified atom stereocenters. The van der Waals surface area contributed by atoms with Crippen molar-refractivity contribution in [2.24, 2.45) is 5.41 Å². The molecule has 73 heavy (non-hydrogen) atoms. The van der Waals surface area contributed by atoms with Gasteiger partial charge in [0.2, 0.25) is 0 Å². The van der Waals surface area contributed by atoms with Gasteiger partial charge in [0.15, 0.2) is 17.0 Å². The number of pyridine rings is 2. The first-order valence-corrected chi connectivity index (χ1v) is 24.9. The molecule has 2 fully saturated rings. The van der Waals surface area contributed by atoms with Crippen molar-refractivity contribution in [1.82, 2.24) is 39.4 Å². The number of benzene rings is 3. The third-order valence-electron chi connectivity index (χ3n) is 16.1. The van der Waals surface area contributed by atoms with Crippen LogP contribution in [0.1, 0.15) is 117 Å². The topological polar surface area (TPSA) is 234 Å². The Morgan fingerprint density at radius 2 is 1.74 bits per heavy atom. The number of aromatic nitrogens is 5. The smallest absolute Gasteiger partial charge is 0.408 e. The number of fused-ring (bicyclic) bond motifs is 5. The summed E-state index contributed by atoms with van der Waals surface area (Å²) in [7, 11) is 0. The molecule has 1 aliphatic carbocycles. The lowest BCUT2D eigenvalue weighted by Gasteiger charge is -2.55. The van der Waals surface area contributed by atoms with Crippen LogP contribution in [0.25, 0.3) is 39.4 Å². The summed E-state index contributed by atoms with van der Waals surface area (Å²) in [4.78, 5) is 76.8. The summed E-state index contributed by atoms with van der Waals surface area (Å²) >= 11 is 0. The number of phenols is 2. The Labute approximate surface area is 418 Å². The van der Waals surface area contributed by atoms with Crippen LogP contribution in [-0.4, -0.2) is 99.2 Å². The molecule has 1 spiro atoms. The maximum Gasteiger partial charge on any atom is 0.408 e. The first kappa shape index (κ1) is 47.9. The van der Waals surface area contributed by atoms with Gasteiger partial charge in [0.1, 0.15) is 23.9 Å². The normalized spacial score (nSPS) is 19.9. The number of aryl methyl sites for hydroxylation is 1. The zero-order chi connectivity index (χ0) is 51.6. The lowest BCUT2D eigenvalue weighted by Crippen LogP contribution is -2.65. The molecule has 0 radical (unpaired) electrons. The molecule has 3 aromatic carbocycles. The predicted octanol–water partition coefficient (Wildman–Crippen LogP) is 6.22. The molecule has 2 saturated heterocycles. The summed E-state index contributed by atoms with van der Waals surface area (Å²) in [5.41, 5.74) is 2.00. The van der Waals surface area contributed by atoms with Gasteiger partial charge in [0, 0.05) is 53.7 Å². The highest BCUT2D eigenvalue weighted by Gasteiger charge is 2.51. The number of carbonyl (C=O) groups excluding carboxylic acids is 3. The van der Waals surface area contributed by atoms with Crippen molar-refractivity contribution in [3.05, 3.63) is 120 Å². The molecule has 0 saturated carbocycles. The number of alkyl carbamates (subject to hydrolysis) is 1. The van der Waals surface area contributed by atoms with E-state index in [0.29, 0.717) is 88.3 Å². The van der Waals surface area contributed by atoms with E-state index in [4.69, 9.17) is 14.5 Å². The van der Waals surface area contributed by atoms with Crippen LogP contribution in [0.15, 0.2) is 58.1 Å². The minimum absolute atomic E-state index is 0.0246. The number of nitrogens with zero attached hydrogens (tertiary/aromatic N) is 6. The van der Waals surface area contributed by atoms with Crippen LogP contribution < -0.4 is 16.6 Å². The van der Waals surface area contributed by atoms with Crippen molar-refractivity contribution in [2.45, 2.75) is 117 Å². The minimum atomic E-state index is -2.03. The Bertz CT molecular complexity index is 3450. The fraction of sp³-hybridized carbons (Fsp3) is 0.426. The molecule has 3 aromatic heterocycles. The fourth-order valence-corrected chi connectivity index (χ4v) is 11.9. The van der Waals surface area contributed by atoms with Gasteiger partial charge in [0.25, 0.3) is 11.5 Å². The zero-order valence-electron chi connectivity index (χ0n) is 41.5. The zero-order valence-corrected chi connectivity index (χ0v) is 41.5. The van der Waals surface area contributed by atoms with Crippen LogP contribution in [0.3, 0.4) is 0 Å². The summed E-state index contributed by atoms with van der Waals surface area (Å²) in [6, 6.07) is 12.8. The van der Waals surface area contributed by atoms with Gasteiger partial charge in [-0.3, -0.25) is 14.5 Å². The van der Waals surface area contributed by atoms with E-state index in [2.05, 4.69) is 20.4 Å². The molecule has 380 valence electrons. The van der Waals surface area contributed by atoms with Crippen molar-refractivity contribution in [1.29, 1.82) is 0 Å². The van der Waals surface area contributed by atoms with Gasteiger partial charge in [-0.05, 0) is 124 Å². The van der Waals surface area contributed by atoms with E-state index < -0.39 is 46.4 Å². The summed E-state index contributed by atoms with van der Waals surface area (Å²) in [6.07, 6.45) is 1.73. The highest BCUT2D eigenvalue weighted by Crippen LogP contribution is 2.47. The van der Waals surface area contributed by atoms with E-state index in [9.17, 15) is 39.3 Å². The standard InChI is InChI=1S/C54H57FN8O10/c1-7-54(71)36-19-40-45-34(23-62(40)47(66)35(36)24-72-49(54)68)44-38(13-12-31-28(4)37(55)20-39(56-45)43(31)44)57-51(70)73-52(5,6)48(67)61-25-53(26-61)14-16-60(17-15-53)22-29-8-10-30(11-9-29)63-46(58-59-50(63)69)33-18-32(27(2)3)41(64)21-42(33)65/h8-11,18-21,27,38,64-65,71H,7,12-17,22-26H2,1-6H3,(H,57,70)(H,59,69)/t38?,54-/m0/s1. The number of H-pyrrole nitrogens is 1. The van der Waals surface area contributed by atoms with Crippen molar-refractivity contribution in [2.75, 3.05) is 26.2 Å². The fourth-order valence-electron chi connectivity index (χ4n) is 11.9. The van der Waals surface area contributed by atoms with E-state index in [0.717, 1.165) is 37.1 Å². The number of esters is 1. The molecule has 2 amide bonds. The number of halogens is 1. The average molecular weight is 997 g/mol. The summed E-state index contributed by atoms with van der Waals surface area (Å²) < 4.78 is 29.6. The van der Waals surface area contributed by atoms with E-state index in [1.807, 2.05) is 38.1 Å². The number of amides is 2. The van der Waals surface area contributed by atoms with E-state index >= 15 is 4.39 Å². The summed E-state index contributed by atoms with van der Waals surface area (Å²) in [5, 5.41) is 42.9. The Morgan fingerprint density at radius 3 is 2.44 bits per heavy atom. The van der Waals surface area contributed by atoms with Crippen molar-refractivity contribution in [3.63, 3.8) is 0 Å². The molecule has 5 aliphatic rings. The van der Waals surface area contributed by atoms with Crippen molar-refractivity contribution >= 4 is 28.9 Å². The molecule has 19 heteroatoms. The largest absolute Gasteiger partial charge is 0.508 e. The number of piperidine rings is 1. The number of carbonyl (C=O) groups is 3. The maximum atomic E-state index is 15.5. The number of cyclic esters (lactones) is 1. The number of hydrogen-bond donors (Lipinski definition) is 5. The second-order valence-electron chi connectivity index (χ2n) is 21.3. The van der Waals surface area contributed by atoms with Crippen molar-refractivity contribution < 1.29 is 43.6 Å². The van der Waals surface area contributed by atoms with Gasteiger partial charge in [-0.1, -0.05) is 32.9 Å². The lowest BCUT2D eigenvalue weighted by atomic mass is 9.71. The van der Waals surface area contributed by atoms with Gasteiger partial charge >= 0.3 is 17.8 Å². The van der Waals surface area contributed by atoms with E-state index in [-0.39, 0.29) is 65.3 Å². The van der Waals surface area contributed by atoms with Crippen LogP contribution in [0, 0.1) is 18.2 Å². The van der Waals surface area contributed by atoms with Crippen LogP contribution in [0.4, 0.5) is 9.18 Å². The average Bonchev–Trinajstić information content (AvgIpc) is 3.91. The highest BCUT2D eigenvalue weighted by atomic mass is 19.1. The molecule has 2 atom stereocenters. The third kappa shape index (κ3) is 7.68. The predicted molar refractivity (Wildman–Crippen MR) is 265 cm³/mol. The SMILES string of the molecule is CC[C@@]1(O)C(=O)OCc2c1cc1n(c2=O)Cc2c-1nc1cc(F)c(C)c3c1c2C(NC(=O)OC(C)(C)C(=O)N1CC2(CCN(Cc4ccc(-n5c(-c6cc(C(C)C)c(O)cc6O)n[nH]c5=O)cc4)CC2)C1)CC3. The Balaban J connectivity index is 0.740. The first-order valence-electron chi connectivity index (χ1n) is 24.9. The first-order chi connectivity index (χ1) is 34.7. The van der Waals surface area contributed by atoms with Crippen LogP contribution in [0.5, 0.6) is 11.5 Å². The molecule has 11 rings (SSSR count). The number of likely N-dealkylation sites (tertiary alicyclic amines) is 2. The molecule has 5 N–H and O–H groups in total. The van der Waals surface area contributed by atoms with Gasteiger partial charge in [-0.2, -0.15) is 5.10 Å². The molecular formula is C54H57FN8O10. The van der Waals surface area contributed by atoms with Crippen LogP contribution >= 0.6 is 0 Å². The van der Waals surface area contributed by atoms with Crippen molar-refractivity contribution in [3.8, 4) is 40.0 Å². The van der Waals surface area contributed by atoms with E-state index in [1.165, 1.54) is 21.3 Å². The van der Waals surface area contributed by atoms with E-state index in [1.54, 1.807) is 44.7 Å². The summed E-state index contributed by atoms with van der Waals surface area (Å²) in [6.45, 7) is 13.5. The maximum absolute atomic E-state index is 15.5. The number of rotatable bonds is 9. The van der Waals surface area contributed by atoms with Gasteiger partial charge < -0.3 is 39.6 Å². The second kappa shape index (κ2) is 17.1. The molecular weight excluding hydrogens is 940 g/mol. The lowest BCUT2D eigenvalue weighted by molar-refractivity contribution is -0.172. The monoisotopic (exact) mass is 996 g/mol. The molecule has 4 aliphatic heterocycles. The number of hydrogen-bond acceptors (Lipinski definition) is 13. The highest BCUT2D eigenvalue weighted by molar-refractivity contribution is 5.94. The Hall–Kier alpha value is -7.38. The number of phenolic OH excluding ortho intramolecular Hbond substituents is 2. The quantitative estimate of drug-likeness (QED) is 0.101. The minimum Gasteiger partial charge on any atom is -0.508 e. The molecule has 6 aromatic rings. The van der Waals surface area contributed by atoms with Gasteiger partial charge in [0.05, 0.1) is 46.3 Å². The van der Waals surface area contributed by atoms with Gasteiger partial charge in [-0.25, -0.2) is 33.4 Å². The number of ether oxygens (including phenoxy) is 2. The van der Waals surface area contributed by atoms with Gasteiger partial charge in [-0.15, -0.1) is 0 Å². The molecule has 18 nitrogen and oxygen atoms in total.